The zero-order valence-electron chi connectivity index (χ0n) is 15.0. The van der Waals surface area contributed by atoms with E-state index in [4.69, 9.17) is 4.74 Å². The van der Waals surface area contributed by atoms with E-state index in [-0.39, 0.29) is 12.6 Å². The van der Waals surface area contributed by atoms with Crippen LogP contribution in [0.15, 0.2) is 54.6 Å². The van der Waals surface area contributed by atoms with Gasteiger partial charge in [-0.2, -0.15) is 0 Å². The average Bonchev–Trinajstić information content (AvgIpc) is 2.62. The number of esters is 1. The minimum atomic E-state index is -0.371. The van der Waals surface area contributed by atoms with Crippen molar-refractivity contribution in [3.05, 3.63) is 71.3 Å². The maximum atomic E-state index is 11.5. The molecule has 132 valence electrons. The van der Waals surface area contributed by atoms with Gasteiger partial charge >= 0.3 is 5.97 Å². The van der Waals surface area contributed by atoms with Crippen LogP contribution in [-0.4, -0.2) is 17.7 Å². The van der Waals surface area contributed by atoms with E-state index in [0.717, 1.165) is 35.1 Å². The molecule has 3 nitrogen and oxygen atoms in total. The predicted octanol–water partition coefficient (Wildman–Crippen LogP) is 4.46. The molecular formula is C22H26O3. The van der Waals surface area contributed by atoms with Crippen LogP contribution < -0.4 is 0 Å². The van der Waals surface area contributed by atoms with Gasteiger partial charge in [0.05, 0.1) is 13.2 Å². The van der Waals surface area contributed by atoms with Gasteiger partial charge in [-0.1, -0.05) is 62.4 Å². The Morgan fingerprint density at radius 2 is 1.76 bits per heavy atom. The van der Waals surface area contributed by atoms with Gasteiger partial charge in [0.2, 0.25) is 0 Å². The first kappa shape index (κ1) is 18.9. The van der Waals surface area contributed by atoms with E-state index in [1.165, 1.54) is 5.56 Å². The van der Waals surface area contributed by atoms with E-state index in [1.54, 1.807) is 6.92 Å². The lowest BCUT2D eigenvalue weighted by atomic mass is 9.95. The van der Waals surface area contributed by atoms with E-state index in [2.05, 4.69) is 37.8 Å². The van der Waals surface area contributed by atoms with Crippen molar-refractivity contribution in [1.29, 1.82) is 0 Å². The summed E-state index contributed by atoms with van der Waals surface area (Å²) in [5.41, 5.74) is 5.88. The van der Waals surface area contributed by atoms with Gasteiger partial charge in [-0.3, -0.25) is 0 Å². The number of aliphatic hydroxyl groups is 1. The van der Waals surface area contributed by atoms with Gasteiger partial charge in [0.1, 0.15) is 0 Å². The van der Waals surface area contributed by atoms with Crippen molar-refractivity contribution in [3.8, 4) is 11.1 Å². The number of aliphatic hydroxyl groups excluding tert-OH is 1. The van der Waals surface area contributed by atoms with Crippen LogP contribution in [0.5, 0.6) is 0 Å². The van der Waals surface area contributed by atoms with E-state index >= 15 is 0 Å². The molecule has 1 N–H and O–H groups in total. The number of carbonyl (C=O) groups is 1. The lowest BCUT2D eigenvalue weighted by Crippen LogP contribution is -2.08. The van der Waals surface area contributed by atoms with E-state index in [9.17, 15) is 9.90 Å². The largest absolute Gasteiger partial charge is 0.462 e. The van der Waals surface area contributed by atoms with Gasteiger partial charge in [-0.15, -0.1) is 0 Å². The Labute approximate surface area is 150 Å². The minimum absolute atomic E-state index is 0.00568. The maximum Gasteiger partial charge on any atom is 0.333 e. The van der Waals surface area contributed by atoms with Crippen molar-refractivity contribution in [1.82, 2.24) is 0 Å². The van der Waals surface area contributed by atoms with Crippen molar-refractivity contribution in [2.75, 3.05) is 6.61 Å². The Hall–Kier alpha value is -2.39. The quantitative estimate of drug-likeness (QED) is 0.571. The third-order valence-corrected chi connectivity index (χ3v) is 4.11. The molecule has 2 rings (SSSR count). The monoisotopic (exact) mass is 338 g/mol. The standard InChI is InChI=1S/C22H26O3/c1-4-5-17-6-9-19(10-7-17)21-11-8-18(15-23)14-20(21)12-13-25-22(24)16(2)3/h6-11,14,23H,2,4-5,12-13,15H2,1,3H3. The highest BCUT2D eigenvalue weighted by molar-refractivity contribution is 5.86. The molecule has 25 heavy (non-hydrogen) atoms. The van der Waals surface area contributed by atoms with Crippen LogP contribution >= 0.6 is 0 Å². The Morgan fingerprint density at radius 1 is 1.08 bits per heavy atom. The second-order valence-corrected chi connectivity index (χ2v) is 6.26. The second kappa shape index (κ2) is 9.19. The minimum Gasteiger partial charge on any atom is -0.462 e. The molecule has 0 fully saturated rings. The topological polar surface area (TPSA) is 46.5 Å². The number of benzene rings is 2. The molecule has 0 heterocycles. The maximum absolute atomic E-state index is 11.5. The van der Waals surface area contributed by atoms with Crippen LogP contribution in [0.2, 0.25) is 0 Å². The first-order valence-electron chi connectivity index (χ1n) is 8.69. The molecule has 0 unspecified atom stereocenters. The summed E-state index contributed by atoms with van der Waals surface area (Å²) in [6.45, 7) is 7.69. The van der Waals surface area contributed by atoms with Crippen LogP contribution in [0.1, 0.15) is 37.0 Å². The Kier molecular flexibility index (Phi) is 6.96. The lowest BCUT2D eigenvalue weighted by Gasteiger charge is -2.13. The summed E-state index contributed by atoms with van der Waals surface area (Å²) >= 11 is 0. The summed E-state index contributed by atoms with van der Waals surface area (Å²) in [6.07, 6.45) is 2.80. The third kappa shape index (κ3) is 5.30. The molecule has 0 spiro atoms. The molecule has 0 bridgehead atoms. The van der Waals surface area contributed by atoms with Crippen molar-refractivity contribution >= 4 is 5.97 Å². The SMILES string of the molecule is C=C(C)C(=O)OCCc1cc(CO)ccc1-c1ccc(CCC)cc1. The summed E-state index contributed by atoms with van der Waals surface area (Å²) in [6, 6.07) is 14.5. The molecule has 0 aromatic heterocycles. The highest BCUT2D eigenvalue weighted by Gasteiger charge is 2.09. The summed E-state index contributed by atoms with van der Waals surface area (Å²) < 4.78 is 5.22. The molecule has 0 amide bonds. The number of ether oxygens (including phenoxy) is 1. The van der Waals surface area contributed by atoms with Crippen LogP contribution in [0.3, 0.4) is 0 Å². The molecular weight excluding hydrogens is 312 g/mol. The fourth-order valence-electron chi connectivity index (χ4n) is 2.75. The van der Waals surface area contributed by atoms with Crippen LogP contribution in [0, 0.1) is 0 Å². The Bertz CT molecular complexity index is 729. The fraction of sp³-hybridized carbons (Fsp3) is 0.318. The molecule has 0 atom stereocenters. The van der Waals surface area contributed by atoms with E-state index in [0.29, 0.717) is 18.6 Å². The third-order valence-electron chi connectivity index (χ3n) is 4.11. The molecule has 0 radical (unpaired) electrons. The number of carbonyl (C=O) groups excluding carboxylic acids is 1. The van der Waals surface area contributed by atoms with Gasteiger partial charge < -0.3 is 9.84 Å². The smallest absolute Gasteiger partial charge is 0.333 e. The van der Waals surface area contributed by atoms with Crippen molar-refractivity contribution in [2.45, 2.75) is 39.7 Å². The predicted molar refractivity (Wildman–Crippen MR) is 101 cm³/mol. The molecule has 2 aromatic rings. The van der Waals surface area contributed by atoms with Gasteiger partial charge in [0.15, 0.2) is 0 Å². The number of hydrogen-bond donors (Lipinski definition) is 1. The molecule has 0 aliphatic carbocycles. The van der Waals surface area contributed by atoms with Crippen LogP contribution in [-0.2, 0) is 29.0 Å². The molecule has 0 saturated carbocycles. The lowest BCUT2D eigenvalue weighted by molar-refractivity contribution is -0.138. The van der Waals surface area contributed by atoms with Crippen LogP contribution in [0.4, 0.5) is 0 Å². The zero-order valence-corrected chi connectivity index (χ0v) is 15.0. The Balaban J connectivity index is 2.21. The summed E-state index contributed by atoms with van der Waals surface area (Å²) in [5, 5.41) is 9.41. The second-order valence-electron chi connectivity index (χ2n) is 6.26. The van der Waals surface area contributed by atoms with Gasteiger partial charge in [0, 0.05) is 12.0 Å². The first-order valence-corrected chi connectivity index (χ1v) is 8.69. The molecule has 0 saturated heterocycles. The Morgan fingerprint density at radius 3 is 2.36 bits per heavy atom. The molecule has 0 aliphatic heterocycles. The first-order chi connectivity index (χ1) is 12.0. The molecule has 0 aliphatic rings. The van der Waals surface area contributed by atoms with Crippen molar-refractivity contribution < 1.29 is 14.6 Å². The molecule has 2 aromatic carbocycles. The highest BCUT2D eigenvalue weighted by atomic mass is 16.5. The molecule has 3 heteroatoms. The number of rotatable bonds is 8. The van der Waals surface area contributed by atoms with Gasteiger partial charge in [0.25, 0.3) is 0 Å². The zero-order chi connectivity index (χ0) is 18.2. The summed E-state index contributed by atoms with van der Waals surface area (Å²) in [5.74, 6) is -0.371. The van der Waals surface area contributed by atoms with Crippen molar-refractivity contribution in [2.24, 2.45) is 0 Å². The van der Waals surface area contributed by atoms with E-state index in [1.807, 2.05) is 18.2 Å². The average molecular weight is 338 g/mol. The van der Waals surface area contributed by atoms with Gasteiger partial charge in [-0.25, -0.2) is 4.79 Å². The highest BCUT2D eigenvalue weighted by Crippen LogP contribution is 2.26. The number of aryl methyl sites for hydroxylation is 1. The summed E-state index contributed by atoms with van der Waals surface area (Å²) in [7, 11) is 0. The van der Waals surface area contributed by atoms with Crippen LogP contribution in [0.25, 0.3) is 11.1 Å². The van der Waals surface area contributed by atoms with Crippen molar-refractivity contribution in [3.63, 3.8) is 0 Å². The van der Waals surface area contributed by atoms with Gasteiger partial charge in [-0.05, 0) is 41.2 Å². The number of hydrogen-bond acceptors (Lipinski definition) is 3. The normalized spacial score (nSPS) is 10.5. The van der Waals surface area contributed by atoms with E-state index < -0.39 is 0 Å². The fourth-order valence-corrected chi connectivity index (χ4v) is 2.75. The summed E-state index contributed by atoms with van der Waals surface area (Å²) in [4.78, 5) is 11.5.